The van der Waals surface area contributed by atoms with E-state index in [2.05, 4.69) is 10.2 Å². The predicted octanol–water partition coefficient (Wildman–Crippen LogP) is 1.26. The molecule has 11 nitrogen and oxygen atoms in total. The molecule has 0 unspecified atom stereocenters. The van der Waals surface area contributed by atoms with E-state index in [1.807, 2.05) is 25.1 Å². The number of aryl methyl sites for hydroxylation is 1. The number of rotatable bonds is 6. The molecule has 0 aliphatic carbocycles. The van der Waals surface area contributed by atoms with Crippen LogP contribution in [0.3, 0.4) is 0 Å². The normalized spacial score (nSPS) is 13.5. The van der Waals surface area contributed by atoms with Gasteiger partial charge in [-0.2, -0.15) is 0 Å². The first-order valence-corrected chi connectivity index (χ1v) is 9.72. The van der Waals surface area contributed by atoms with Crippen molar-refractivity contribution in [3.63, 3.8) is 0 Å². The number of hydrogen-bond acceptors (Lipinski definition) is 7. The van der Waals surface area contributed by atoms with Crippen molar-refractivity contribution in [1.82, 2.24) is 9.80 Å². The quantitative estimate of drug-likeness (QED) is 0.558. The van der Waals surface area contributed by atoms with E-state index in [-0.39, 0.29) is 12.0 Å². The number of aliphatic carboxylic acids is 2. The molecular formula is C20H29N3O8. The highest BCUT2D eigenvalue weighted by molar-refractivity contribution is 6.27. The van der Waals surface area contributed by atoms with Crippen molar-refractivity contribution in [3.05, 3.63) is 23.8 Å². The summed E-state index contributed by atoms with van der Waals surface area (Å²) in [5.41, 5.74) is 1.76. The van der Waals surface area contributed by atoms with Crippen LogP contribution in [0.4, 0.5) is 10.5 Å². The van der Waals surface area contributed by atoms with Gasteiger partial charge >= 0.3 is 18.0 Å². The third-order valence-electron chi connectivity index (χ3n) is 4.37. The fourth-order valence-electron chi connectivity index (χ4n) is 2.76. The van der Waals surface area contributed by atoms with Gasteiger partial charge in [-0.15, -0.1) is 0 Å². The van der Waals surface area contributed by atoms with Crippen LogP contribution in [0.5, 0.6) is 5.75 Å². The van der Waals surface area contributed by atoms with E-state index in [9.17, 15) is 9.59 Å². The van der Waals surface area contributed by atoms with Gasteiger partial charge in [0.05, 0.1) is 19.4 Å². The molecule has 0 radical (unpaired) electrons. The number of carboxylic acids is 2. The standard InChI is InChI=1S/C18H27N3O4.C2H2O4/c1-4-25-18(23)21-11-9-20(10-12-21)8-7-17(22)19-15-13-14(2)5-6-16(15)24-3;3-1(4)2(5)6/h5-6,13H,4,7-12H2,1-3H3,(H,19,22);(H,3,4)(H,5,6). The summed E-state index contributed by atoms with van der Waals surface area (Å²) >= 11 is 0. The number of benzene rings is 1. The highest BCUT2D eigenvalue weighted by atomic mass is 16.6. The van der Waals surface area contributed by atoms with Crippen LogP contribution in [-0.2, 0) is 19.1 Å². The molecule has 1 aromatic rings. The summed E-state index contributed by atoms with van der Waals surface area (Å²) in [4.78, 5) is 46.0. The Labute approximate surface area is 180 Å². The number of anilines is 1. The van der Waals surface area contributed by atoms with Crippen LogP contribution in [0.15, 0.2) is 18.2 Å². The molecule has 172 valence electrons. The molecule has 0 saturated carbocycles. The minimum atomic E-state index is -1.82. The predicted molar refractivity (Wildman–Crippen MR) is 111 cm³/mol. The lowest BCUT2D eigenvalue weighted by Gasteiger charge is -2.33. The Morgan fingerprint density at radius 2 is 1.68 bits per heavy atom. The summed E-state index contributed by atoms with van der Waals surface area (Å²) < 4.78 is 10.3. The van der Waals surface area contributed by atoms with Crippen molar-refractivity contribution < 1.29 is 38.9 Å². The van der Waals surface area contributed by atoms with Crippen LogP contribution in [0.25, 0.3) is 0 Å². The van der Waals surface area contributed by atoms with Crippen molar-refractivity contribution in [2.45, 2.75) is 20.3 Å². The average molecular weight is 439 g/mol. The van der Waals surface area contributed by atoms with Crippen LogP contribution < -0.4 is 10.1 Å². The first-order chi connectivity index (χ1) is 14.7. The first kappa shape index (κ1) is 25.7. The number of amides is 2. The smallest absolute Gasteiger partial charge is 0.414 e. The minimum Gasteiger partial charge on any atom is -0.495 e. The maximum atomic E-state index is 12.2. The third-order valence-corrected chi connectivity index (χ3v) is 4.37. The highest BCUT2D eigenvalue weighted by Gasteiger charge is 2.22. The number of carbonyl (C=O) groups excluding carboxylic acids is 2. The summed E-state index contributed by atoms with van der Waals surface area (Å²) in [7, 11) is 1.59. The van der Waals surface area contributed by atoms with Crippen molar-refractivity contribution in [2.75, 3.05) is 51.8 Å². The minimum absolute atomic E-state index is 0.0447. The van der Waals surface area contributed by atoms with Crippen LogP contribution in [0.2, 0.25) is 0 Å². The Balaban J connectivity index is 0.000000703. The lowest BCUT2D eigenvalue weighted by Crippen LogP contribution is -2.49. The molecule has 0 atom stereocenters. The zero-order chi connectivity index (χ0) is 23.4. The fourth-order valence-corrected chi connectivity index (χ4v) is 2.76. The zero-order valence-corrected chi connectivity index (χ0v) is 17.9. The molecule has 1 fully saturated rings. The summed E-state index contributed by atoms with van der Waals surface area (Å²) in [5.74, 6) is -3.04. The van der Waals surface area contributed by atoms with Gasteiger partial charge in [-0.1, -0.05) is 6.07 Å². The number of nitrogens with one attached hydrogen (secondary N) is 1. The fraction of sp³-hybridized carbons (Fsp3) is 0.500. The van der Waals surface area contributed by atoms with Crippen molar-refractivity contribution in [1.29, 1.82) is 0 Å². The van der Waals surface area contributed by atoms with E-state index in [0.29, 0.717) is 44.1 Å². The molecule has 11 heteroatoms. The molecule has 2 amide bonds. The van der Waals surface area contributed by atoms with Crippen molar-refractivity contribution in [2.24, 2.45) is 0 Å². The summed E-state index contributed by atoms with van der Waals surface area (Å²) in [5, 5.41) is 17.7. The summed E-state index contributed by atoms with van der Waals surface area (Å²) in [6.07, 6.45) is 0.141. The molecule has 31 heavy (non-hydrogen) atoms. The number of piperazine rings is 1. The number of methoxy groups -OCH3 is 1. The lowest BCUT2D eigenvalue weighted by atomic mass is 10.2. The molecule has 1 saturated heterocycles. The van der Waals surface area contributed by atoms with Crippen molar-refractivity contribution in [3.8, 4) is 5.75 Å². The Morgan fingerprint density at radius 1 is 1.06 bits per heavy atom. The molecule has 0 bridgehead atoms. The van der Waals surface area contributed by atoms with Crippen LogP contribution >= 0.6 is 0 Å². The lowest BCUT2D eigenvalue weighted by molar-refractivity contribution is -0.159. The zero-order valence-electron chi connectivity index (χ0n) is 17.9. The van der Waals surface area contributed by atoms with Gasteiger partial charge in [0.1, 0.15) is 5.75 Å². The second kappa shape index (κ2) is 13.1. The monoisotopic (exact) mass is 439 g/mol. The number of carbonyl (C=O) groups is 4. The third kappa shape index (κ3) is 9.34. The van der Waals surface area contributed by atoms with E-state index < -0.39 is 11.9 Å². The summed E-state index contributed by atoms with van der Waals surface area (Å²) in [6, 6.07) is 5.69. The van der Waals surface area contributed by atoms with Gasteiger partial charge in [-0.25, -0.2) is 14.4 Å². The van der Waals surface area contributed by atoms with E-state index in [1.54, 1.807) is 18.9 Å². The average Bonchev–Trinajstić information content (AvgIpc) is 2.73. The summed E-state index contributed by atoms with van der Waals surface area (Å²) in [6.45, 7) is 7.59. The van der Waals surface area contributed by atoms with Gasteiger partial charge in [0.15, 0.2) is 0 Å². The van der Waals surface area contributed by atoms with E-state index in [1.165, 1.54) is 0 Å². The molecule has 1 heterocycles. The molecule has 1 aliphatic rings. The van der Waals surface area contributed by atoms with Gasteiger partial charge in [-0.05, 0) is 31.5 Å². The van der Waals surface area contributed by atoms with Crippen molar-refractivity contribution >= 4 is 29.6 Å². The van der Waals surface area contributed by atoms with Gasteiger partial charge in [0, 0.05) is 39.1 Å². The Morgan fingerprint density at radius 3 is 2.19 bits per heavy atom. The maximum absolute atomic E-state index is 12.2. The second-order valence-electron chi connectivity index (χ2n) is 6.64. The van der Waals surface area contributed by atoms with Gasteiger partial charge in [0.25, 0.3) is 0 Å². The largest absolute Gasteiger partial charge is 0.495 e. The number of hydrogen-bond donors (Lipinski definition) is 3. The number of ether oxygens (including phenoxy) is 2. The maximum Gasteiger partial charge on any atom is 0.414 e. The topological polar surface area (TPSA) is 146 Å². The molecule has 1 aromatic carbocycles. The molecule has 0 aromatic heterocycles. The Kier molecular flexibility index (Phi) is 10.8. The molecular weight excluding hydrogens is 410 g/mol. The molecule has 0 spiro atoms. The van der Waals surface area contributed by atoms with E-state index in [0.717, 1.165) is 18.7 Å². The molecule has 3 N–H and O–H groups in total. The second-order valence-corrected chi connectivity index (χ2v) is 6.64. The number of carboxylic acid groups (broad SMARTS) is 2. The van der Waals surface area contributed by atoms with Gasteiger partial charge in [-0.3, -0.25) is 9.69 Å². The van der Waals surface area contributed by atoms with Gasteiger partial charge in [0.2, 0.25) is 5.91 Å². The first-order valence-electron chi connectivity index (χ1n) is 9.72. The van der Waals surface area contributed by atoms with Crippen LogP contribution in [-0.4, -0.2) is 90.4 Å². The highest BCUT2D eigenvalue weighted by Crippen LogP contribution is 2.25. The molecule has 1 aliphatic heterocycles. The van der Waals surface area contributed by atoms with Gasteiger partial charge < -0.3 is 29.9 Å². The van der Waals surface area contributed by atoms with Crippen LogP contribution in [0.1, 0.15) is 18.9 Å². The Hall–Kier alpha value is -3.34. The van der Waals surface area contributed by atoms with Crippen LogP contribution in [0, 0.1) is 6.92 Å². The van der Waals surface area contributed by atoms with E-state index >= 15 is 0 Å². The molecule has 2 rings (SSSR count). The SMILES string of the molecule is CCOC(=O)N1CCN(CCC(=O)Nc2cc(C)ccc2OC)CC1.O=C(O)C(=O)O. The Bertz CT molecular complexity index is 764. The number of nitrogens with zero attached hydrogens (tertiary/aromatic N) is 2. The van der Waals surface area contributed by atoms with E-state index in [4.69, 9.17) is 29.3 Å².